The van der Waals surface area contributed by atoms with Gasteiger partial charge in [-0.15, -0.1) is 10.2 Å². The van der Waals surface area contributed by atoms with Crippen molar-refractivity contribution in [2.75, 3.05) is 6.54 Å². The van der Waals surface area contributed by atoms with Crippen LogP contribution in [0.2, 0.25) is 0 Å². The zero-order chi connectivity index (χ0) is 22.4. The first kappa shape index (κ1) is 19.9. The van der Waals surface area contributed by atoms with Gasteiger partial charge in [-0.2, -0.15) is 5.21 Å². The summed E-state index contributed by atoms with van der Waals surface area (Å²) in [5.41, 5.74) is 10.1. The number of aryl methyl sites for hydroxylation is 2. The van der Waals surface area contributed by atoms with Crippen molar-refractivity contribution < 1.29 is 0 Å². The smallest absolute Gasteiger partial charge is 0.204 e. The molecule has 1 aliphatic heterocycles. The molecule has 0 bridgehead atoms. The third kappa shape index (κ3) is 3.62. The Bertz CT molecular complexity index is 1410. The predicted molar refractivity (Wildman–Crippen MR) is 130 cm³/mol. The molecule has 1 unspecified atom stereocenters. The maximum Gasteiger partial charge on any atom is 0.204 e. The summed E-state index contributed by atoms with van der Waals surface area (Å²) in [5.74, 6) is 0.616. The fourth-order valence-corrected chi connectivity index (χ4v) is 5.37. The van der Waals surface area contributed by atoms with E-state index in [4.69, 9.17) is 0 Å². The molecule has 2 aromatic heterocycles. The first-order chi connectivity index (χ1) is 16.2. The van der Waals surface area contributed by atoms with Crippen molar-refractivity contribution in [3.8, 4) is 11.4 Å². The van der Waals surface area contributed by atoms with Crippen LogP contribution in [-0.2, 0) is 13.0 Å². The van der Waals surface area contributed by atoms with Gasteiger partial charge < -0.3 is 4.98 Å². The van der Waals surface area contributed by atoms with E-state index in [1.165, 1.54) is 44.4 Å². The average molecular weight is 435 g/mol. The minimum Gasteiger partial charge on any atom is -0.357 e. The van der Waals surface area contributed by atoms with Crippen molar-refractivity contribution in [3.05, 3.63) is 100 Å². The van der Waals surface area contributed by atoms with Gasteiger partial charge in [0.1, 0.15) is 0 Å². The summed E-state index contributed by atoms with van der Waals surface area (Å²) in [5, 5.41) is 16.0. The maximum absolute atomic E-state index is 4.19. The Morgan fingerprint density at radius 2 is 1.82 bits per heavy atom. The number of nitrogens with one attached hydrogen (secondary N) is 2. The van der Waals surface area contributed by atoms with Crippen molar-refractivity contribution >= 4 is 10.9 Å². The average Bonchev–Trinajstić information content (AvgIpc) is 3.47. The Morgan fingerprint density at radius 1 is 0.970 bits per heavy atom. The van der Waals surface area contributed by atoms with Crippen LogP contribution < -0.4 is 0 Å². The van der Waals surface area contributed by atoms with E-state index in [9.17, 15) is 0 Å². The third-order valence-corrected chi connectivity index (χ3v) is 6.61. The predicted octanol–water partition coefficient (Wildman–Crippen LogP) is 5.11. The second-order valence-electron chi connectivity index (χ2n) is 9.04. The number of aromatic amines is 2. The van der Waals surface area contributed by atoms with Crippen molar-refractivity contribution in [1.82, 2.24) is 30.5 Å². The highest BCUT2D eigenvalue weighted by molar-refractivity contribution is 5.85. The lowest BCUT2D eigenvalue weighted by molar-refractivity contribution is 0.202. The molecule has 2 N–H and O–H groups in total. The fraction of sp³-hybridized carbons (Fsp3) is 0.222. The highest BCUT2D eigenvalue weighted by atomic mass is 15.5. The maximum atomic E-state index is 4.19. The molecule has 6 nitrogen and oxygen atoms in total. The zero-order valence-electron chi connectivity index (χ0n) is 18.8. The number of tetrazole rings is 1. The van der Waals surface area contributed by atoms with Crippen molar-refractivity contribution in [2.45, 2.75) is 32.9 Å². The highest BCUT2D eigenvalue weighted by Gasteiger charge is 2.32. The second kappa shape index (κ2) is 7.98. The van der Waals surface area contributed by atoms with E-state index >= 15 is 0 Å². The lowest BCUT2D eigenvalue weighted by atomic mass is 9.91. The van der Waals surface area contributed by atoms with Gasteiger partial charge in [0.2, 0.25) is 5.82 Å². The van der Waals surface area contributed by atoms with Crippen molar-refractivity contribution in [3.63, 3.8) is 0 Å². The topological polar surface area (TPSA) is 73.5 Å². The van der Waals surface area contributed by atoms with Crippen LogP contribution in [0.4, 0.5) is 0 Å². The molecule has 0 saturated heterocycles. The summed E-state index contributed by atoms with van der Waals surface area (Å²) in [6.07, 6.45) is 1.03. The van der Waals surface area contributed by atoms with Gasteiger partial charge in [0.15, 0.2) is 0 Å². The molecule has 33 heavy (non-hydrogen) atoms. The van der Waals surface area contributed by atoms with Gasteiger partial charge in [-0.05, 0) is 54.3 Å². The number of rotatable bonds is 4. The molecule has 0 amide bonds. The van der Waals surface area contributed by atoms with Gasteiger partial charge in [-0.25, -0.2) is 0 Å². The van der Waals surface area contributed by atoms with Gasteiger partial charge in [-0.1, -0.05) is 65.7 Å². The van der Waals surface area contributed by atoms with Gasteiger partial charge in [0, 0.05) is 35.2 Å². The molecule has 3 aromatic carbocycles. The molecule has 5 aromatic rings. The van der Waals surface area contributed by atoms with Gasteiger partial charge >= 0.3 is 0 Å². The van der Waals surface area contributed by atoms with Crippen LogP contribution in [0, 0.1) is 13.8 Å². The summed E-state index contributed by atoms with van der Waals surface area (Å²) < 4.78 is 0. The number of benzene rings is 3. The Balaban J connectivity index is 1.48. The minimum atomic E-state index is 0.119. The molecular weight excluding hydrogens is 408 g/mol. The summed E-state index contributed by atoms with van der Waals surface area (Å²) in [4.78, 5) is 6.35. The number of hydrogen-bond donors (Lipinski definition) is 2. The van der Waals surface area contributed by atoms with E-state index in [1.807, 2.05) is 6.07 Å². The second-order valence-corrected chi connectivity index (χ2v) is 9.04. The number of aromatic nitrogens is 5. The van der Waals surface area contributed by atoms with E-state index in [0.29, 0.717) is 5.82 Å². The normalized spacial score (nSPS) is 16.2. The Labute approximate surface area is 192 Å². The summed E-state index contributed by atoms with van der Waals surface area (Å²) >= 11 is 0. The SMILES string of the molecule is Cc1cc(C)cc(CN2CCc3c([nH]c4ccccc34)C2c2cccc(-c3nn[nH]n3)c2)c1. The van der Waals surface area contributed by atoms with Crippen LogP contribution in [-0.4, -0.2) is 37.1 Å². The molecule has 0 radical (unpaired) electrons. The van der Waals surface area contributed by atoms with E-state index < -0.39 is 0 Å². The lowest BCUT2D eigenvalue weighted by Gasteiger charge is -2.36. The first-order valence-corrected chi connectivity index (χ1v) is 11.4. The molecule has 164 valence electrons. The summed E-state index contributed by atoms with van der Waals surface area (Å²) in [7, 11) is 0. The quantitative estimate of drug-likeness (QED) is 0.412. The minimum absolute atomic E-state index is 0.119. The van der Waals surface area contributed by atoms with Crippen LogP contribution in [0.25, 0.3) is 22.3 Å². The zero-order valence-corrected chi connectivity index (χ0v) is 18.8. The summed E-state index contributed by atoms with van der Waals surface area (Å²) in [6.45, 7) is 6.25. The Hall–Kier alpha value is -3.77. The molecule has 0 spiro atoms. The van der Waals surface area contributed by atoms with Gasteiger partial charge in [0.05, 0.1) is 6.04 Å². The molecular formula is C27H26N6. The van der Waals surface area contributed by atoms with Crippen LogP contribution in [0.5, 0.6) is 0 Å². The van der Waals surface area contributed by atoms with E-state index in [2.05, 4.69) is 105 Å². The van der Waals surface area contributed by atoms with Crippen LogP contribution >= 0.6 is 0 Å². The molecule has 0 aliphatic carbocycles. The van der Waals surface area contributed by atoms with Gasteiger partial charge in [-0.3, -0.25) is 4.90 Å². The number of para-hydroxylation sites is 1. The third-order valence-electron chi connectivity index (χ3n) is 6.61. The first-order valence-electron chi connectivity index (χ1n) is 11.4. The lowest BCUT2D eigenvalue weighted by Crippen LogP contribution is -2.35. The van der Waals surface area contributed by atoms with Gasteiger partial charge in [0.25, 0.3) is 0 Å². The largest absolute Gasteiger partial charge is 0.357 e. The molecule has 1 aliphatic rings. The molecule has 6 heteroatoms. The molecule has 0 fully saturated rings. The number of H-pyrrole nitrogens is 2. The number of nitrogens with zero attached hydrogens (tertiary/aromatic N) is 4. The molecule has 6 rings (SSSR count). The van der Waals surface area contributed by atoms with E-state index in [1.54, 1.807) is 0 Å². The van der Waals surface area contributed by atoms with Crippen LogP contribution in [0.3, 0.4) is 0 Å². The van der Waals surface area contributed by atoms with Crippen molar-refractivity contribution in [2.24, 2.45) is 0 Å². The standard InChI is InChI=1S/C27H26N6/c1-17-12-18(2)14-19(13-17)16-33-11-10-23-22-8-3-4-9-24(22)28-25(23)26(33)20-6-5-7-21(15-20)27-29-31-32-30-27/h3-9,12-15,26,28H,10-11,16H2,1-2H3,(H,29,30,31,32). The molecule has 3 heterocycles. The van der Waals surface area contributed by atoms with E-state index in [0.717, 1.165) is 25.1 Å². The van der Waals surface area contributed by atoms with Crippen LogP contribution in [0.1, 0.15) is 39.6 Å². The molecule has 1 atom stereocenters. The van der Waals surface area contributed by atoms with Crippen molar-refractivity contribution in [1.29, 1.82) is 0 Å². The monoisotopic (exact) mass is 434 g/mol. The molecule has 0 saturated carbocycles. The summed E-state index contributed by atoms with van der Waals surface area (Å²) in [6, 6.07) is 24.1. The number of fused-ring (bicyclic) bond motifs is 3. The van der Waals surface area contributed by atoms with E-state index in [-0.39, 0.29) is 6.04 Å². The number of hydrogen-bond acceptors (Lipinski definition) is 4. The Morgan fingerprint density at radius 3 is 2.64 bits per heavy atom. The fourth-order valence-electron chi connectivity index (χ4n) is 5.37. The highest BCUT2D eigenvalue weighted by Crippen LogP contribution is 2.39. The Kier molecular flexibility index (Phi) is 4.80. The van der Waals surface area contributed by atoms with Crippen LogP contribution in [0.15, 0.2) is 66.7 Å².